The van der Waals surface area contributed by atoms with Crippen molar-refractivity contribution in [3.8, 4) is 0 Å². The molecule has 218 valence electrons. The molecule has 1 aromatic carbocycles. The summed E-state index contributed by atoms with van der Waals surface area (Å²) >= 11 is 0. The Labute approximate surface area is 231 Å². The quantitative estimate of drug-likeness (QED) is 0.302. The summed E-state index contributed by atoms with van der Waals surface area (Å²) in [7, 11) is 0. The van der Waals surface area contributed by atoms with Crippen LogP contribution in [0.1, 0.15) is 83.0 Å². The number of esters is 1. The molecular weight excluding hydrogens is 504 g/mol. The Bertz CT molecular complexity index is 1020. The predicted molar refractivity (Wildman–Crippen MR) is 147 cm³/mol. The van der Waals surface area contributed by atoms with Gasteiger partial charge in [0, 0.05) is 19.5 Å². The van der Waals surface area contributed by atoms with Crippen LogP contribution >= 0.6 is 0 Å². The number of primary amides is 1. The van der Waals surface area contributed by atoms with E-state index in [1.54, 1.807) is 33.8 Å². The Hall–Kier alpha value is -3.63. The highest BCUT2D eigenvalue weighted by Gasteiger charge is 2.36. The average molecular weight is 549 g/mol. The molecule has 1 aromatic rings. The van der Waals surface area contributed by atoms with Crippen molar-refractivity contribution in [1.82, 2.24) is 15.5 Å². The van der Waals surface area contributed by atoms with Crippen molar-refractivity contribution < 1.29 is 33.4 Å². The zero-order valence-corrected chi connectivity index (χ0v) is 24.2. The molecule has 0 heterocycles. The lowest BCUT2D eigenvalue weighted by Gasteiger charge is -2.34. The van der Waals surface area contributed by atoms with Gasteiger partial charge in [-0.05, 0) is 71.1 Å². The molecule has 0 aromatic heterocycles. The predicted octanol–water partition coefficient (Wildman–Crippen LogP) is 2.81. The number of ether oxygens (including phenoxy) is 2. The van der Waals surface area contributed by atoms with Crippen LogP contribution in [-0.4, -0.2) is 66.0 Å². The van der Waals surface area contributed by atoms with Crippen LogP contribution in [0, 0.1) is 13.8 Å². The molecule has 0 saturated heterocycles. The van der Waals surface area contributed by atoms with E-state index in [0.717, 1.165) is 11.1 Å². The van der Waals surface area contributed by atoms with Gasteiger partial charge in [-0.2, -0.15) is 0 Å². The summed E-state index contributed by atoms with van der Waals surface area (Å²) in [5.74, 6) is -2.14. The van der Waals surface area contributed by atoms with Crippen molar-refractivity contribution >= 4 is 29.8 Å². The highest BCUT2D eigenvalue weighted by atomic mass is 16.6. The average Bonchev–Trinajstić information content (AvgIpc) is 2.82. The first-order valence-electron chi connectivity index (χ1n) is 13.3. The molecule has 0 spiro atoms. The van der Waals surface area contributed by atoms with Crippen LogP contribution in [-0.2, 0) is 28.7 Å². The van der Waals surface area contributed by atoms with Crippen LogP contribution < -0.4 is 16.4 Å². The molecule has 4 amide bonds. The molecule has 2 atom stereocenters. The molecule has 0 saturated carbocycles. The van der Waals surface area contributed by atoms with Gasteiger partial charge in [-0.25, -0.2) is 4.79 Å². The minimum atomic E-state index is -1.17. The Morgan fingerprint density at radius 1 is 1.03 bits per heavy atom. The van der Waals surface area contributed by atoms with Crippen LogP contribution in [0.4, 0.5) is 4.79 Å². The van der Waals surface area contributed by atoms with E-state index in [4.69, 9.17) is 15.2 Å². The maximum absolute atomic E-state index is 13.9. The topological polar surface area (TPSA) is 157 Å². The van der Waals surface area contributed by atoms with E-state index < -0.39 is 47.5 Å². The minimum Gasteiger partial charge on any atom is -0.466 e. The molecule has 1 rings (SSSR count). The van der Waals surface area contributed by atoms with Gasteiger partial charge >= 0.3 is 12.1 Å². The summed E-state index contributed by atoms with van der Waals surface area (Å²) in [6, 6.07) is 3.24. The number of nitrogens with two attached hydrogens (primary N) is 1. The Kier molecular flexibility index (Phi) is 13.4. The monoisotopic (exact) mass is 548 g/mol. The summed E-state index contributed by atoms with van der Waals surface area (Å²) in [6.45, 7) is 12.9. The molecule has 0 fully saturated rings. The van der Waals surface area contributed by atoms with Gasteiger partial charge in [-0.15, -0.1) is 0 Å². The van der Waals surface area contributed by atoms with Gasteiger partial charge in [0.1, 0.15) is 17.7 Å². The lowest BCUT2D eigenvalue weighted by atomic mass is 9.97. The second-order valence-corrected chi connectivity index (χ2v) is 10.3. The molecule has 0 aliphatic carbocycles. The minimum absolute atomic E-state index is 0.0223. The third-order valence-corrected chi connectivity index (χ3v) is 5.76. The summed E-state index contributed by atoms with van der Waals surface area (Å²) < 4.78 is 10.2. The van der Waals surface area contributed by atoms with E-state index in [2.05, 4.69) is 10.6 Å². The third-order valence-electron chi connectivity index (χ3n) is 5.76. The normalized spacial score (nSPS) is 12.6. The number of carbonyl (C=O) groups is 5. The zero-order valence-electron chi connectivity index (χ0n) is 24.2. The SMILES string of the molecule is CCCN(C(=O)C(CCC(N)=O)NC(=O)OC(C)(C)C)C(C(=O)NCCC(=O)OCC)c1ccc(C)c(C)c1. The van der Waals surface area contributed by atoms with Crippen LogP contribution in [0.2, 0.25) is 0 Å². The molecule has 0 aliphatic heterocycles. The number of hydrogen-bond acceptors (Lipinski definition) is 7. The fraction of sp³-hybridized carbons (Fsp3) is 0.607. The molecule has 11 nitrogen and oxygen atoms in total. The maximum atomic E-state index is 13.9. The number of amides is 4. The first-order valence-corrected chi connectivity index (χ1v) is 13.3. The highest BCUT2D eigenvalue weighted by Crippen LogP contribution is 2.26. The Balaban J connectivity index is 3.42. The number of alkyl carbamates (subject to hydrolysis) is 1. The van der Waals surface area contributed by atoms with Crippen LogP contribution in [0.25, 0.3) is 0 Å². The van der Waals surface area contributed by atoms with Crippen molar-refractivity contribution in [3.05, 3.63) is 34.9 Å². The molecule has 39 heavy (non-hydrogen) atoms. The largest absolute Gasteiger partial charge is 0.466 e. The number of aryl methyl sites for hydroxylation is 2. The van der Waals surface area contributed by atoms with Gasteiger partial charge in [-0.3, -0.25) is 19.2 Å². The van der Waals surface area contributed by atoms with Crippen LogP contribution in [0.15, 0.2) is 18.2 Å². The van der Waals surface area contributed by atoms with Gasteiger partial charge in [0.25, 0.3) is 0 Å². The van der Waals surface area contributed by atoms with Crippen LogP contribution in [0.3, 0.4) is 0 Å². The van der Waals surface area contributed by atoms with Crippen LogP contribution in [0.5, 0.6) is 0 Å². The number of benzene rings is 1. The first kappa shape index (κ1) is 33.4. The molecule has 2 unspecified atom stereocenters. The Morgan fingerprint density at radius 2 is 1.69 bits per heavy atom. The lowest BCUT2D eigenvalue weighted by Crippen LogP contribution is -2.53. The lowest BCUT2D eigenvalue weighted by molar-refractivity contribution is -0.144. The van der Waals surface area contributed by atoms with Crippen molar-refractivity contribution in [1.29, 1.82) is 0 Å². The summed E-state index contributed by atoms with van der Waals surface area (Å²) in [5.41, 5.74) is 7.03. The van der Waals surface area contributed by atoms with E-state index in [0.29, 0.717) is 12.0 Å². The second kappa shape index (κ2) is 15.7. The molecule has 0 radical (unpaired) electrons. The van der Waals surface area contributed by atoms with Crippen molar-refractivity contribution in [3.63, 3.8) is 0 Å². The molecule has 0 aliphatic rings. The number of rotatable bonds is 14. The molecule has 4 N–H and O–H groups in total. The van der Waals surface area contributed by atoms with Gasteiger partial charge in [0.05, 0.1) is 13.0 Å². The van der Waals surface area contributed by atoms with Gasteiger partial charge in [0.2, 0.25) is 17.7 Å². The van der Waals surface area contributed by atoms with E-state index in [1.165, 1.54) is 4.90 Å². The fourth-order valence-electron chi connectivity index (χ4n) is 3.83. The Morgan fingerprint density at radius 3 is 2.23 bits per heavy atom. The summed E-state index contributed by atoms with van der Waals surface area (Å²) in [6.07, 6.45) is -0.576. The van der Waals surface area contributed by atoms with Crippen molar-refractivity contribution in [2.75, 3.05) is 19.7 Å². The van der Waals surface area contributed by atoms with Gasteiger partial charge in [0.15, 0.2) is 0 Å². The second-order valence-electron chi connectivity index (χ2n) is 10.3. The number of carbonyl (C=O) groups excluding carboxylic acids is 5. The van der Waals surface area contributed by atoms with Gasteiger partial charge in [-0.1, -0.05) is 25.1 Å². The van der Waals surface area contributed by atoms with E-state index in [9.17, 15) is 24.0 Å². The standard InChI is InChI=1S/C28H44N4O7/c1-8-16-32(26(36)21(12-13-22(29)33)31-27(37)39-28(5,6)7)24(20-11-10-18(3)19(4)17-20)25(35)30-15-14-23(34)38-9-2/h10-11,17,21,24H,8-9,12-16H2,1-7H3,(H2,29,33)(H,30,35)(H,31,37). The number of hydrogen-bond donors (Lipinski definition) is 3. The fourth-order valence-corrected chi connectivity index (χ4v) is 3.83. The number of nitrogens with zero attached hydrogens (tertiary/aromatic N) is 1. The molecule has 11 heteroatoms. The maximum Gasteiger partial charge on any atom is 0.408 e. The molecule has 0 bridgehead atoms. The first-order chi connectivity index (χ1) is 18.2. The third kappa shape index (κ3) is 11.7. The van der Waals surface area contributed by atoms with Crippen molar-refractivity contribution in [2.24, 2.45) is 5.73 Å². The summed E-state index contributed by atoms with van der Waals surface area (Å²) in [4.78, 5) is 64.8. The van der Waals surface area contributed by atoms with E-state index in [-0.39, 0.29) is 39.0 Å². The molecular formula is C28H44N4O7. The van der Waals surface area contributed by atoms with E-state index in [1.807, 2.05) is 32.9 Å². The smallest absolute Gasteiger partial charge is 0.408 e. The van der Waals surface area contributed by atoms with E-state index >= 15 is 0 Å². The summed E-state index contributed by atoms with van der Waals surface area (Å²) in [5, 5.41) is 5.29. The zero-order chi connectivity index (χ0) is 29.8. The number of nitrogens with one attached hydrogen (secondary N) is 2. The van der Waals surface area contributed by atoms with Crippen molar-refractivity contribution in [2.45, 2.75) is 91.8 Å². The van der Waals surface area contributed by atoms with Gasteiger partial charge < -0.3 is 30.7 Å². The highest BCUT2D eigenvalue weighted by molar-refractivity contribution is 5.92.